The standard InChI is InChI=1S/C12H22N2O3/c15-11(14-10-3-1-2-4-10)7-13-8-12(16)5-6-17-9-12/h10,13,16H,1-9H2,(H,14,15). The van der Waals surface area contributed by atoms with Gasteiger partial charge in [-0.1, -0.05) is 12.8 Å². The lowest BCUT2D eigenvalue weighted by Gasteiger charge is -2.21. The SMILES string of the molecule is O=C(CNCC1(O)CCOC1)NC1CCCC1. The predicted molar refractivity (Wildman–Crippen MR) is 63.7 cm³/mol. The van der Waals surface area contributed by atoms with Crippen LogP contribution in [-0.2, 0) is 9.53 Å². The third kappa shape index (κ3) is 3.94. The highest BCUT2D eigenvalue weighted by Gasteiger charge is 2.31. The Morgan fingerprint density at radius 3 is 2.82 bits per heavy atom. The zero-order chi connectivity index (χ0) is 12.1. The van der Waals surface area contributed by atoms with Gasteiger partial charge in [0.15, 0.2) is 0 Å². The Kier molecular flexibility index (Phi) is 4.36. The number of amides is 1. The van der Waals surface area contributed by atoms with E-state index in [4.69, 9.17) is 4.74 Å². The molecular formula is C12H22N2O3. The molecule has 1 atom stereocenters. The zero-order valence-corrected chi connectivity index (χ0v) is 10.2. The molecule has 1 saturated carbocycles. The summed E-state index contributed by atoms with van der Waals surface area (Å²) in [6.45, 7) is 1.67. The Balaban J connectivity index is 1.59. The third-order valence-corrected chi connectivity index (χ3v) is 3.54. The van der Waals surface area contributed by atoms with Crippen LogP contribution in [0.3, 0.4) is 0 Å². The number of hydrogen-bond acceptors (Lipinski definition) is 4. The summed E-state index contributed by atoms with van der Waals surface area (Å²) in [5.74, 6) is 0.0272. The van der Waals surface area contributed by atoms with Crippen LogP contribution in [0.15, 0.2) is 0 Å². The van der Waals surface area contributed by atoms with Gasteiger partial charge in [0.2, 0.25) is 5.91 Å². The van der Waals surface area contributed by atoms with Crippen LogP contribution in [0.4, 0.5) is 0 Å². The fourth-order valence-electron chi connectivity index (χ4n) is 2.49. The third-order valence-electron chi connectivity index (χ3n) is 3.54. The number of hydrogen-bond donors (Lipinski definition) is 3. The molecular weight excluding hydrogens is 220 g/mol. The van der Waals surface area contributed by atoms with Gasteiger partial charge in [0.25, 0.3) is 0 Å². The Morgan fingerprint density at radius 1 is 1.41 bits per heavy atom. The van der Waals surface area contributed by atoms with Gasteiger partial charge < -0.3 is 20.5 Å². The molecule has 0 aromatic rings. The van der Waals surface area contributed by atoms with Crippen molar-refractivity contribution < 1.29 is 14.6 Å². The maximum atomic E-state index is 11.6. The molecule has 5 nitrogen and oxygen atoms in total. The number of nitrogens with one attached hydrogen (secondary N) is 2. The molecule has 1 aliphatic carbocycles. The van der Waals surface area contributed by atoms with Crippen molar-refractivity contribution in [3.63, 3.8) is 0 Å². The summed E-state index contributed by atoms with van der Waals surface area (Å²) in [5.41, 5.74) is -0.784. The molecule has 1 heterocycles. The molecule has 17 heavy (non-hydrogen) atoms. The van der Waals surface area contributed by atoms with Crippen molar-refractivity contribution in [1.82, 2.24) is 10.6 Å². The zero-order valence-electron chi connectivity index (χ0n) is 10.2. The van der Waals surface area contributed by atoms with Gasteiger partial charge in [-0.15, -0.1) is 0 Å². The fraction of sp³-hybridized carbons (Fsp3) is 0.917. The Labute approximate surface area is 102 Å². The molecule has 0 radical (unpaired) electrons. The van der Waals surface area contributed by atoms with Crippen molar-refractivity contribution in [1.29, 1.82) is 0 Å². The molecule has 1 unspecified atom stereocenters. The fourth-order valence-corrected chi connectivity index (χ4v) is 2.49. The molecule has 1 aliphatic heterocycles. The van der Waals surface area contributed by atoms with Crippen LogP contribution in [0, 0.1) is 0 Å². The van der Waals surface area contributed by atoms with Gasteiger partial charge in [-0.2, -0.15) is 0 Å². The second-order valence-corrected chi connectivity index (χ2v) is 5.18. The maximum absolute atomic E-state index is 11.6. The van der Waals surface area contributed by atoms with Crippen molar-refractivity contribution in [2.75, 3.05) is 26.3 Å². The van der Waals surface area contributed by atoms with Gasteiger partial charge in [-0.3, -0.25) is 4.79 Å². The normalized spacial score (nSPS) is 29.7. The molecule has 0 spiro atoms. The minimum Gasteiger partial charge on any atom is -0.386 e. The van der Waals surface area contributed by atoms with Crippen molar-refractivity contribution in [2.45, 2.75) is 43.7 Å². The molecule has 98 valence electrons. The van der Waals surface area contributed by atoms with E-state index in [0.29, 0.717) is 32.2 Å². The van der Waals surface area contributed by atoms with Crippen molar-refractivity contribution in [2.24, 2.45) is 0 Å². The average Bonchev–Trinajstić information content (AvgIpc) is 2.90. The summed E-state index contributed by atoms with van der Waals surface area (Å²) < 4.78 is 5.13. The van der Waals surface area contributed by atoms with Gasteiger partial charge in [0.1, 0.15) is 5.60 Å². The van der Waals surface area contributed by atoms with E-state index in [1.165, 1.54) is 12.8 Å². The summed E-state index contributed by atoms with van der Waals surface area (Å²) in [4.78, 5) is 11.6. The van der Waals surface area contributed by atoms with Crippen LogP contribution < -0.4 is 10.6 Å². The molecule has 2 aliphatic rings. The first-order chi connectivity index (χ1) is 8.18. The van der Waals surface area contributed by atoms with Gasteiger partial charge in [-0.25, -0.2) is 0 Å². The van der Waals surface area contributed by atoms with Crippen LogP contribution in [0.5, 0.6) is 0 Å². The average molecular weight is 242 g/mol. The van der Waals surface area contributed by atoms with Crippen molar-refractivity contribution in [3.8, 4) is 0 Å². The number of carbonyl (C=O) groups is 1. The topological polar surface area (TPSA) is 70.6 Å². The highest BCUT2D eigenvalue weighted by Crippen LogP contribution is 2.18. The maximum Gasteiger partial charge on any atom is 0.234 e. The second-order valence-electron chi connectivity index (χ2n) is 5.18. The van der Waals surface area contributed by atoms with Gasteiger partial charge in [-0.05, 0) is 12.8 Å². The van der Waals surface area contributed by atoms with E-state index in [0.717, 1.165) is 12.8 Å². The molecule has 0 bridgehead atoms. The summed E-state index contributed by atoms with van der Waals surface area (Å²) in [6.07, 6.45) is 5.28. The van der Waals surface area contributed by atoms with E-state index in [1.807, 2.05) is 0 Å². The van der Waals surface area contributed by atoms with E-state index < -0.39 is 5.60 Å². The first kappa shape index (κ1) is 12.8. The monoisotopic (exact) mass is 242 g/mol. The predicted octanol–water partition coefficient (Wildman–Crippen LogP) is -0.214. The minimum atomic E-state index is -0.784. The van der Waals surface area contributed by atoms with E-state index in [2.05, 4.69) is 10.6 Å². The summed E-state index contributed by atoms with van der Waals surface area (Å²) >= 11 is 0. The number of carbonyl (C=O) groups excluding carboxylic acids is 1. The van der Waals surface area contributed by atoms with Crippen LogP contribution in [-0.4, -0.2) is 49.0 Å². The molecule has 0 aromatic carbocycles. The van der Waals surface area contributed by atoms with E-state index in [-0.39, 0.29) is 12.5 Å². The van der Waals surface area contributed by atoms with Gasteiger partial charge in [0.05, 0.1) is 13.2 Å². The van der Waals surface area contributed by atoms with Gasteiger partial charge >= 0.3 is 0 Å². The molecule has 3 N–H and O–H groups in total. The van der Waals surface area contributed by atoms with E-state index in [9.17, 15) is 9.90 Å². The largest absolute Gasteiger partial charge is 0.386 e. The van der Waals surface area contributed by atoms with E-state index >= 15 is 0 Å². The van der Waals surface area contributed by atoms with Crippen LogP contribution in [0.1, 0.15) is 32.1 Å². The molecule has 0 aromatic heterocycles. The van der Waals surface area contributed by atoms with E-state index in [1.54, 1.807) is 0 Å². The van der Waals surface area contributed by atoms with Crippen molar-refractivity contribution >= 4 is 5.91 Å². The molecule has 5 heteroatoms. The lowest BCUT2D eigenvalue weighted by molar-refractivity contribution is -0.121. The van der Waals surface area contributed by atoms with Crippen LogP contribution >= 0.6 is 0 Å². The number of aliphatic hydroxyl groups is 1. The lowest BCUT2D eigenvalue weighted by Crippen LogP contribution is -2.45. The smallest absolute Gasteiger partial charge is 0.234 e. The van der Waals surface area contributed by atoms with Gasteiger partial charge in [0, 0.05) is 25.6 Å². The lowest BCUT2D eigenvalue weighted by atomic mass is 10.0. The molecule has 1 amide bonds. The quantitative estimate of drug-likeness (QED) is 0.624. The highest BCUT2D eigenvalue weighted by molar-refractivity contribution is 5.78. The Bertz CT molecular complexity index is 258. The number of ether oxygens (including phenoxy) is 1. The summed E-state index contributed by atoms with van der Waals surface area (Å²) in [7, 11) is 0. The molecule has 2 rings (SSSR count). The summed E-state index contributed by atoms with van der Waals surface area (Å²) in [6, 6.07) is 0.363. The van der Waals surface area contributed by atoms with Crippen LogP contribution in [0.2, 0.25) is 0 Å². The summed E-state index contributed by atoms with van der Waals surface area (Å²) in [5, 5.41) is 16.0. The highest BCUT2D eigenvalue weighted by atomic mass is 16.5. The van der Waals surface area contributed by atoms with Crippen LogP contribution in [0.25, 0.3) is 0 Å². The Hall–Kier alpha value is -0.650. The first-order valence-corrected chi connectivity index (χ1v) is 6.48. The second kappa shape index (κ2) is 5.80. The number of rotatable bonds is 5. The molecule has 2 fully saturated rings. The Morgan fingerprint density at radius 2 is 2.18 bits per heavy atom. The van der Waals surface area contributed by atoms with Crippen molar-refractivity contribution in [3.05, 3.63) is 0 Å². The first-order valence-electron chi connectivity index (χ1n) is 6.48. The molecule has 1 saturated heterocycles. The minimum absolute atomic E-state index is 0.0272.